The predicted molar refractivity (Wildman–Crippen MR) is 386 cm³/mol. The van der Waals surface area contributed by atoms with E-state index in [1.54, 1.807) is 96.1 Å². The Morgan fingerprint density at radius 1 is 0.272 bits per heavy atom. The van der Waals surface area contributed by atoms with Gasteiger partial charge in [-0.25, -0.2) is 24.8 Å². The molecule has 4 heterocycles. The Kier molecular flexibility index (Phi) is 13.1. The summed E-state index contributed by atoms with van der Waals surface area (Å²) in [6, 6.07) is 52.7. The minimum Gasteiger partial charge on any atom is -0.247 e. The van der Waals surface area contributed by atoms with E-state index >= 15 is 0 Å². The highest BCUT2D eigenvalue weighted by atomic mass is 32.2. The van der Waals surface area contributed by atoms with Gasteiger partial charge in [-0.3, -0.25) is 0 Å². The zero-order valence-electron chi connectivity index (χ0n) is 54.1. The lowest BCUT2D eigenvalue weighted by atomic mass is 9.82. The molecular formula is C80H70N2O4S6. The molecule has 0 atom stereocenters. The summed E-state index contributed by atoms with van der Waals surface area (Å²) in [6.07, 6.45) is 7.18. The number of fused-ring (bicyclic) bond motifs is 14. The fourth-order valence-corrected chi connectivity index (χ4v) is 21.9. The van der Waals surface area contributed by atoms with Gasteiger partial charge < -0.3 is 0 Å². The van der Waals surface area contributed by atoms with Crippen molar-refractivity contribution in [1.82, 2.24) is 7.94 Å². The molecule has 12 heteroatoms. The molecule has 2 aromatic heterocycles. The molecule has 16 rings (SSSR count). The Morgan fingerprint density at radius 2 is 0.500 bits per heavy atom. The van der Waals surface area contributed by atoms with Crippen LogP contribution in [0.15, 0.2) is 208 Å². The van der Waals surface area contributed by atoms with Crippen molar-refractivity contribution in [3.8, 4) is 44.5 Å². The van der Waals surface area contributed by atoms with Crippen molar-refractivity contribution in [1.29, 1.82) is 0 Å². The Balaban J connectivity index is 0.910. The second-order valence-electron chi connectivity index (χ2n) is 29.7. The SMILES string of the molecule is Cc1ccc(S(=O)(=O)n2cc3c(c2)SC(=C2c4cc(C(C)(C)C)ccc4-c4cc5c(cc42)-c2ccc(C(C)(C)C)cc2/C5=C2/c4cc(C(C)(C)C)ccc4-c4cc5c(cc42)-c2ccc(C(C)(C)C)cc2C5=C2Sc4cn(S(=O)(=O)c5ccc(C)cc5)cc4S2)S3)cc1. The van der Waals surface area contributed by atoms with Crippen molar-refractivity contribution in [2.24, 2.45) is 0 Å². The van der Waals surface area contributed by atoms with E-state index < -0.39 is 20.0 Å². The summed E-state index contributed by atoms with van der Waals surface area (Å²) in [6.45, 7) is 31.5. The fourth-order valence-electron chi connectivity index (χ4n) is 14.0. The molecule has 0 radical (unpaired) electrons. The fraction of sp³-hybridized carbons (Fsp3) is 0.225. The molecule has 0 N–H and O–H groups in total. The van der Waals surface area contributed by atoms with E-state index in [4.69, 9.17) is 0 Å². The summed E-state index contributed by atoms with van der Waals surface area (Å²) in [5, 5.41) is 0. The van der Waals surface area contributed by atoms with Crippen LogP contribution in [-0.2, 0) is 41.7 Å². The summed E-state index contributed by atoms with van der Waals surface area (Å²) in [5.41, 5.74) is 30.8. The van der Waals surface area contributed by atoms with Crippen molar-refractivity contribution < 1.29 is 16.8 Å². The highest BCUT2D eigenvalue weighted by Crippen LogP contribution is 2.65. The molecule has 0 saturated heterocycles. The number of aromatic nitrogens is 2. The van der Waals surface area contributed by atoms with E-state index in [-0.39, 0.29) is 31.5 Å². The summed E-state index contributed by atoms with van der Waals surface area (Å²) >= 11 is 6.69. The first-order valence-corrected chi connectivity index (χ1v) is 37.6. The molecule has 0 saturated carbocycles. The molecule has 0 bridgehead atoms. The van der Waals surface area contributed by atoms with E-state index in [1.807, 2.05) is 38.1 Å². The molecule has 4 aliphatic carbocycles. The molecular weight excluding hydrogens is 1250 g/mol. The van der Waals surface area contributed by atoms with Crippen LogP contribution < -0.4 is 0 Å². The smallest absolute Gasteiger partial charge is 0.247 e. The molecule has 6 nitrogen and oxygen atoms in total. The Bertz CT molecular complexity index is 4950. The van der Waals surface area contributed by atoms with E-state index in [2.05, 4.69) is 180 Å². The van der Waals surface area contributed by atoms with Crippen molar-refractivity contribution in [3.05, 3.63) is 257 Å². The first-order valence-electron chi connectivity index (χ1n) is 31.4. The van der Waals surface area contributed by atoms with Crippen LogP contribution >= 0.6 is 47.0 Å². The summed E-state index contributed by atoms with van der Waals surface area (Å²) in [7, 11) is -7.59. The lowest BCUT2D eigenvalue weighted by Crippen LogP contribution is -2.11. The van der Waals surface area contributed by atoms with Crippen LogP contribution in [0, 0.1) is 13.8 Å². The molecule has 10 aromatic rings. The monoisotopic (exact) mass is 1310 g/mol. The molecule has 2 aliphatic heterocycles. The third-order valence-electron chi connectivity index (χ3n) is 19.3. The van der Waals surface area contributed by atoms with Gasteiger partial charge in [-0.05, 0) is 231 Å². The van der Waals surface area contributed by atoms with Crippen LogP contribution in [0.5, 0.6) is 0 Å². The summed E-state index contributed by atoms with van der Waals surface area (Å²) < 4.78 is 61.3. The van der Waals surface area contributed by atoms with E-state index in [0.717, 1.165) is 39.2 Å². The maximum Gasteiger partial charge on any atom is 0.267 e. The molecule has 92 heavy (non-hydrogen) atoms. The van der Waals surface area contributed by atoms with Crippen LogP contribution in [0.1, 0.15) is 161 Å². The van der Waals surface area contributed by atoms with Crippen molar-refractivity contribution in [2.45, 2.75) is 148 Å². The molecule has 0 amide bonds. The molecule has 0 fully saturated rings. The van der Waals surface area contributed by atoms with Gasteiger partial charge in [0.1, 0.15) is 0 Å². The highest BCUT2D eigenvalue weighted by molar-refractivity contribution is 8.25. The predicted octanol–water partition coefficient (Wildman–Crippen LogP) is 21.7. The summed E-state index contributed by atoms with van der Waals surface area (Å²) in [4.78, 5) is 4.27. The number of benzene rings is 8. The number of hydrogen-bond acceptors (Lipinski definition) is 8. The van der Waals surface area contributed by atoms with Crippen LogP contribution in [-0.4, -0.2) is 24.8 Å². The van der Waals surface area contributed by atoms with Crippen molar-refractivity contribution in [2.75, 3.05) is 0 Å². The van der Waals surface area contributed by atoms with Crippen molar-refractivity contribution >= 4 is 89.4 Å². The summed E-state index contributed by atoms with van der Waals surface area (Å²) in [5.74, 6) is 0. The first-order chi connectivity index (χ1) is 43.4. The molecule has 6 aliphatic rings. The normalized spacial score (nSPS) is 16.2. The second kappa shape index (κ2) is 20.2. The number of thioether (sulfide) groups is 4. The van der Waals surface area contributed by atoms with Crippen LogP contribution in [0.25, 0.3) is 66.8 Å². The molecule has 0 spiro atoms. The quantitative estimate of drug-likeness (QED) is 0.172. The lowest BCUT2D eigenvalue weighted by molar-refractivity contribution is 0.585. The molecule has 460 valence electrons. The zero-order valence-corrected chi connectivity index (χ0v) is 59.0. The Labute approximate surface area is 558 Å². The third-order valence-corrected chi connectivity index (χ3v) is 27.6. The number of hydrogen-bond donors (Lipinski definition) is 0. The van der Waals surface area contributed by atoms with Crippen LogP contribution in [0.2, 0.25) is 0 Å². The molecule has 8 aromatic carbocycles. The largest absolute Gasteiger partial charge is 0.267 e. The third kappa shape index (κ3) is 9.26. The number of aryl methyl sites for hydroxylation is 2. The zero-order chi connectivity index (χ0) is 64.4. The maximum absolute atomic E-state index is 14.1. The van der Waals surface area contributed by atoms with Gasteiger partial charge in [0.15, 0.2) is 0 Å². The maximum atomic E-state index is 14.1. The van der Waals surface area contributed by atoms with Gasteiger partial charge in [-0.15, -0.1) is 0 Å². The van der Waals surface area contributed by atoms with Crippen molar-refractivity contribution in [3.63, 3.8) is 0 Å². The average molecular weight is 1320 g/mol. The molecule has 0 unspecified atom stereocenters. The van der Waals surface area contributed by atoms with Gasteiger partial charge in [0.2, 0.25) is 0 Å². The average Bonchev–Trinajstić information content (AvgIpc) is 1.54. The minimum atomic E-state index is -3.80. The Hall–Kier alpha value is -7.16. The number of nitrogens with zero attached hydrogens (tertiary/aromatic N) is 2. The van der Waals surface area contributed by atoms with Crippen LogP contribution in [0.3, 0.4) is 0 Å². The van der Waals surface area contributed by atoms with Crippen LogP contribution in [0.4, 0.5) is 0 Å². The van der Waals surface area contributed by atoms with Gasteiger partial charge in [0.25, 0.3) is 20.0 Å². The first kappa shape index (κ1) is 59.8. The number of rotatable bonds is 4. The van der Waals surface area contributed by atoms with Gasteiger partial charge in [-0.1, -0.05) is 214 Å². The minimum absolute atomic E-state index is 0.106. The highest BCUT2D eigenvalue weighted by Gasteiger charge is 2.42. The van der Waals surface area contributed by atoms with Gasteiger partial charge in [-0.2, -0.15) is 0 Å². The lowest BCUT2D eigenvalue weighted by Gasteiger charge is -2.22. The van der Waals surface area contributed by atoms with Gasteiger partial charge in [0, 0.05) is 55.5 Å². The van der Waals surface area contributed by atoms with E-state index in [9.17, 15) is 16.8 Å². The standard InChI is InChI=1S/C80H70N2O4S6/c1-43-15-23-49(24-16-43)91(83,84)81-39-67-68(40-81)88-75(87-67)73-61-33-47(79(9,10)11)21-29-53(61)57-35-63-55(37-65(57)73)51-27-19-45(77(3,4)5)31-59(51)71(63)72-60-32-46(78(6,7)8)20-28-52(60)56-38-66-58(36-64(56)72)54-30-22-48(80(12,13)14)34-62(54)74(66)76-89-69-41-82(42-70(69)90-76)92(85,86)50-25-17-44(2)18-26-50/h15-42H,1-14H3/b72-71+. The Morgan fingerprint density at radius 3 is 0.750 bits per heavy atom. The van der Waals surface area contributed by atoms with Gasteiger partial charge >= 0.3 is 0 Å². The second-order valence-corrected chi connectivity index (χ2v) is 38.1. The topological polar surface area (TPSA) is 78.1 Å². The van der Waals surface area contributed by atoms with E-state index in [1.165, 1.54) is 142 Å². The van der Waals surface area contributed by atoms with Gasteiger partial charge in [0.05, 0.1) is 18.3 Å². The van der Waals surface area contributed by atoms with E-state index in [0.29, 0.717) is 0 Å².